The Kier molecular flexibility index (Phi) is 2.66. The van der Waals surface area contributed by atoms with Crippen LogP contribution in [0.2, 0.25) is 0 Å². The topological polar surface area (TPSA) is 24.1 Å². The molecule has 2 N–H and O–H groups in total. The van der Waals surface area contributed by atoms with Crippen molar-refractivity contribution < 1.29 is 0 Å². The van der Waals surface area contributed by atoms with E-state index in [4.69, 9.17) is 0 Å². The van der Waals surface area contributed by atoms with Crippen LogP contribution >= 0.6 is 0 Å². The highest BCUT2D eigenvalue weighted by atomic mass is 15.0. The summed E-state index contributed by atoms with van der Waals surface area (Å²) in [5.74, 6) is 2.65. The zero-order valence-corrected chi connectivity index (χ0v) is 10.9. The van der Waals surface area contributed by atoms with Gasteiger partial charge >= 0.3 is 0 Å². The normalized spacial score (nSPS) is 34.1. The third kappa shape index (κ3) is 1.79. The fraction of sp³-hybridized carbons (Fsp3) is 0.625. The summed E-state index contributed by atoms with van der Waals surface area (Å²) in [6.07, 6.45) is 4.02. The van der Waals surface area contributed by atoms with Crippen molar-refractivity contribution in [2.45, 2.75) is 31.2 Å². The molecule has 2 fully saturated rings. The minimum Gasteiger partial charge on any atom is -0.317 e. The average molecular weight is 242 g/mol. The molecule has 0 spiro atoms. The summed E-state index contributed by atoms with van der Waals surface area (Å²) >= 11 is 0. The Morgan fingerprint density at radius 2 is 2.00 bits per heavy atom. The molecule has 2 nitrogen and oxygen atoms in total. The molecule has 1 saturated carbocycles. The van der Waals surface area contributed by atoms with Gasteiger partial charge in [0.15, 0.2) is 0 Å². The van der Waals surface area contributed by atoms with Crippen LogP contribution in [0.3, 0.4) is 0 Å². The van der Waals surface area contributed by atoms with Gasteiger partial charge in [0.2, 0.25) is 0 Å². The van der Waals surface area contributed by atoms with Gasteiger partial charge in [0.1, 0.15) is 0 Å². The second kappa shape index (κ2) is 4.36. The number of fused-ring (bicyclic) bond motifs is 3. The molecule has 1 heterocycles. The maximum Gasteiger partial charge on any atom is 0.0177 e. The van der Waals surface area contributed by atoms with Crippen molar-refractivity contribution in [1.82, 2.24) is 10.6 Å². The van der Waals surface area contributed by atoms with Gasteiger partial charge in [-0.25, -0.2) is 0 Å². The summed E-state index contributed by atoms with van der Waals surface area (Å²) in [6, 6.07) is 9.82. The molecule has 3 unspecified atom stereocenters. The molecule has 1 aliphatic heterocycles. The highest BCUT2D eigenvalue weighted by molar-refractivity contribution is 5.44. The Balaban J connectivity index is 1.34. The average Bonchev–Trinajstić information content (AvgIpc) is 2.97. The quantitative estimate of drug-likeness (QED) is 0.846. The lowest BCUT2D eigenvalue weighted by atomic mass is 9.98. The van der Waals surface area contributed by atoms with E-state index in [1.54, 1.807) is 11.1 Å². The van der Waals surface area contributed by atoms with E-state index < -0.39 is 0 Å². The summed E-state index contributed by atoms with van der Waals surface area (Å²) in [4.78, 5) is 0. The number of hydrogen-bond acceptors (Lipinski definition) is 2. The Hall–Kier alpha value is -0.860. The Labute approximate surface area is 109 Å². The zero-order chi connectivity index (χ0) is 11.9. The molecule has 3 atom stereocenters. The lowest BCUT2D eigenvalue weighted by molar-refractivity contribution is 0.352. The smallest absolute Gasteiger partial charge is 0.0177 e. The summed E-state index contributed by atoms with van der Waals surface area (Å²) in [5, 5.41) is 7.28. The molecular formula is C16H22N2. The first-order chi connectivity index (χ1) is 8.93. The number of rotatable bonds is 3. The molecule has 0 aromatic heterocycles. The summed E-state index contributed by atoms with van der Waals surface area (Å²) in [6.45, 7) is 3.67. The molecule has 3 aliphatic rings. The molecule has 2 heteroatoms. The summed E-state index contributed by atoms with van der Waals surface area (Å²) < 4.78 is 0. The van der Waals surface area contributed by atoms with Gasteiger partial charge in [-0.1, -0.05) is 24.3 Å². The minimum absolute atomic E-state index is 0.787. The fourth-order valence-electron chi connectivity index (χ4n) is 4.02. The van der Waals surface area contributed by atoms with Crippen LogP contribution in [0.1, 0.15) is 29.9 Å². The van der Waals surface area contributed by atoms with Crippen molar-refractivity contribution in [3.05, 3.63) is 35.4 Å². The van der Waals surface area contributed by atoms with Crippen LogP contribution in [-0.4, -0.2) is 25.7 Å². The van der Waals surface area contributed by atoms with E-state index in [9.17, 15) is 0 Å². The van der Waals surface area contributed by atoms with Crippen molar-refractivity contribution >= 4 is 0 Å². The molecule has 18 heavy (non-hydrogen) atoms. The van der Waals surface area contributed by atoms with E-state index in [0.29, 0.717) is 0 Å². The maximum absolute atomic E-state index is 3.84. The van der Waals surface area contributed by atoms with Gasteiger partial charge in [0.05, 0.1) is 0 Å². The molecule has 1 aromatic carbocycles. The van der Waals surface area contributed by atoms with Crippen molar-refractivity contribution in [2.75, 3.05) is 19.6 Å². The summed E-state index contributed by atoms with van der Waals surface area (Å²) in [7, 11) is 0. The highest BCUT2D eigenvalue weighted by Crippen LogP contribution is 2.56. The van der Waals surface area contributed by atoms with Crippen molar-refractivity contribution in [2.24, 2.45) is 11.8 Å². The van der Waals surface area contributed by atoms with Gasteiger partial charge in [-0.05, 0) is 61.9 Å². The van der Waals surface area contributed by atoms with E-state index in [1.807, 2.05) is 0 Å². The van der Waals surface area contributed by atoms with Gasteiger partial charge in [-0.3, -0.25) is 0 Å². The molecule has 2 aliphatic carbocycles. The maximum atomic E-state index is 3.84. The SMILES string of the molecule is c1ccc2c(c1)CC1C(NCC3CCNCC3)C21. The Bertz CT molecular complexity index is 436. The van der Waals surface area contributed by atoms with Crippen molar-refractivity contribution in [3.8, 4) is 0 Å². The van der Waals surface area contributed by atoms with Crippen molar-refractivity contribution in [1.29, 1.82) is 0 Å². The van der Waals surface area contributed by atoms with E-state index in [0.717, 1.165) is 23.8 Å². The number of hydrogen-bond donors (Lipinski definition) is 2. The van der Waals surface area contributed by atoms with Gasteiger partial charge in [0.25, 0.3) is 0 Å². The van der Waals surface area contributed by atoms with E-state index in [-0.39, 0.29) is 0 Å². The first-order valence-electron chi connectivity index (χ1n) is 7.45. The molecule has 96 valence electrons. The molecular weight excluding hydrogens is 220 g/mol. The van der Waals surface area contributed by atoms with Crippen LogP contribution < -0.4 is 10.6 Å². The van der Waals surface area contributed by atoms with E-state index in [1.165, 1.54) is 38.9 Å². The van der Waals surface area contributed by atoms with Crippen LogP contribution in [0, 0.1) is 11.8 Å². The highest BCUT2D eigenvalue weighted by Gasteiger charge is 2.55. The second-order valence-corrected chi connectivity index (χ2v) is 6.22. The number of benzene rings is 1. The van der Waals surface area contributed by atoms with E-state index >= 15 is 0 Å². The predicted molar refractivity (Wildman–Crippen MR) is 73.8 cm³/mol. The number of nitrogens with one attached hydrogen (secondary N) is 2. The standard InChI is InChI=1S/C16H22N2/c1-2-4-13-12(3-1)9-14-15(13)16(14)18-10-11-5-7-17-8-6-11/h1-4,11,14-18H,5-10H2. The Morgan fingerprint density at radius 1 is 1.17 bits per heavy atom. The first-order valence-corrected chi connectivity index (χ1v) is 7.45. The first kappa shape index (κ1) is 11.0. The minimum atomic E-state index is 0.787. The van der Waals surface area contributed by atoms with Gasteiger partial charge < -0.3 is 10.6 Å². The molecule has 0 amide bonds. The van der Waals surface area contributed by atoms with Crippen LogP contribution in [0.5, 0.6) is 0 Å². The Morgan fingerprint density at radius 3 is 2.89 bits per heavy atom. The second-order valence-electron chi connectivity index (χ2n) is 6.22. The van der Waals surface area contributed by atoms with Gasteiger partial charge in [-0.15, -0.1) is 0 Å². The third-order valence-corrected chi connectivity index (χ3v) is 5.14. The molecule has 4 rings (SSSR count). The third-order valence-electron chi connectivity index (χ3n) is 5.14. The fourth-order valence-corrected chi connectivity index (χ4v) is 4.02. The summed E-state index contributed by atoms with van der Waals surface area (Å²) in [5.41, 5.74) is 3.23. The molecule has 1 saturated heterocycles. The zero-order valence-electron chi connectivity index (χ0n) is 10.9. The van der Waals surface area contributed by atoms with Crippen LogP contribution in [0.15, 0.2) is 24.3 Å². The monoisotopic (exact) mass is 242 g/mol. The lowest BCUT2D eigenvalue weighted by Gasteiger charge is -2.23. The molecule has 0 radical (unpaired) electrons. The largest absolute Gasteiger partial charge is 0.317 e. The van der Waals surface area contributed by atoms with Crippen LogP contribution in [0.4, 0.5) is 0 Å². The van der Waals surface area contributed by atoms with Crippen molar-refractivity contribution in [3.63, 3.8) is 0 Å². The predicted octanol–water partition coefficient (Wildman–Crippen LogP) is 1.91. The van der Waals surface area contributed by atoms with Crippen LogP contribution in [-0.2, 0) is 6.42 Å². The van der Waals surface area contributed by atoms with E-state index in [2.05, 4.69) is 34.9 Å². The van der Waals surface area contributed by atoms with Crippen LogP contribution in [0.25, 0.3) is 0 Å². The molecule has 0 bridgehead atoms. The molecule has 1 aromatic rings. The lowest BCUT2D eigenvalue weighted by Crippen LogP contribution is -2.35. The van der Waals surface area contributed by atoms with Gasteiger partial charge in [-0.2, -0.15) is 0 Å². The number of piperidine rings is 1. The van der Waals surface area contributed by atoms with Gasteiger partial charge in [0, 0.05) is 12.0 Å².